The minimum atomic E-state index is -1.06. The summed E-state index contributed by atoms with van der Waals surface area (Å²) in [5.74, 6) is -1.51. The fourth-order valence-electron chi connectivity index (χ4n) is 2.12. The van der Waals surface area contributed by atoms with Gasteiger partial charge in [0.15, 0.2) is 0 Å². The number of carboxylic acids is 1. The van der Waals surface area contributed by atoms with Gasteiger partial charge in [-0.15, -0.1) is 23.4 Å². The summed E-state index contributed by atoms with van der Waals surface area (Å²) >= 11 is 6.90. The van der Waals surface area contributed by atoms with E-state index in [1.54, 1.807) is 24.3 Å². The first kappa shape index (κ1) is 14.7. The quantitative estimate of drug-likeness (QED) is 0.861. The van der Waals surface area contributed by atoms with Gasteiger partial charge >= 0.3 is 5.97 Å². The molecule has 1 unspecified atom stereocenters. The second-order valence-electron chi connectivity index (χ2n) is 4.17. The molecular formula is C13H11ClN2O3S. The van der Waals surface area contributed by atoms with Gasteiger partial charge in [0.2, 0.25) is 5.91 Å². The van der Waals surface area contributed by atoms with Crippen LogP contribution in [-0.4, -0.2) is 39.6 Å². The number of halogens is 1. The van der Waals surface area contributed by atoms with Crippen LogP contribution in [0.2, 0.25) is 0 Å². The highest BCUT2D eigenvalue weighted by Crippen LogP contribution is 2.42. The van der Waals surface area contributed by atoms with Crippen LogP contribution in [0.1, 0.15) is 16.5 Å². The SMILES string of the molecule is N#Cc1ccccc1C1SC[C@@H](C(=O)O)N1C(=O)CCl. The molecule has 1 heterocycles. The molecule has 0 bridgehead atoms. The summed E-state index contributed by atoms with van der Waals surface area (Å²) in [5.41, 5.74) is 1.07. The summed E-state index contributed by atoms with van der Waals surface area (Å²) in [6, 6.07) is 8.01. The van der Waals surface area contributed by atoms with Gasteiger partial charge in [0.25, 0.3) is 0 Å². The molecule has 1 aliphatic heterocycles. The predicted molar refractivity (Wildman–Crippen MR) is 75.3 cm³/mol. The second-order valence-corrected chi connectivity index (χ2v) is 5.55. The number of carbonyl (C=O) groups is 2. The van der Waals surface area contributed by atoms with Crippen molar-refractivity contribution < 1.29 is 14.7 Å². The Labute approximate surface area is 125 Å². The summed E-state index contributed by atoms with van der Waals surface area (Å²) in [5, 5.41) is 17.8. The summed E-state index contributed by atoms with van der Waals surface area (Å²) < 4.78 is 0. The average Bonchev–Trinajstić information content (AvgIpc) is 2.91. The predicted octanol–water partition coefficient (Wildman–Crippen LogP) is 1.82. The van der Waals surface area contributed by atoms with Crippen LogP contribution in [0.15, 0.2) is 24.3 Å². The van der Waals surface area contributed by atoms with E-state index in [0.29, 0.717) is 11.1 Å². The molecule has 0 radical (unpaired) electrons. The number of carboxylic acid groups (broad SMARTS) is 1. The van der Waals surface area contributed by atoms with Crippen molar-refractivity contribution in [3.8, 4) is 6.07 Å². The number of hydrogen-bond donors (Lipinski definition) is 1. The third kappa shape index (κ3) is 2.60. The standard InChI is InChI=1S/C13H11ClN2O3S/c14-5-11(17)16-10(13(18)19)7-20-12(16)9-4-2-1-3-8(9)6-15/h1-4,10,12H,5,7H2,(H,18,19)/t10-,12?/m0/s1. The van der Waals surface area contributed by atoms with Gasteiger partial charge in [0.05, 0.1) is 11.6 Å². The molecule has 1 aromatic carbocycles. The van der Waals surface area contributed by atoms with Gasteiger partial charge < -0.3 is 10.0 Å². The average molecular weight is 311 g/mol. The van der Waals surface area contributed by atoms with E-state index in [9.17, 15) is 14.7 Å². The lowest BCUT2D eigenvalue weighted by Crippen LogP contribution is -2.43. The summed E-state index contributed by atoms with van der Waals surface area (Å²) in [6.07, 6.45) is 0. The fourth-order valence-corrected chi connectivity index (χ4v) is 3.74. The van der Waals surface area contributed by atoms with Crippen LogP contribution in [-0.2, 0) is 9.59 Å². The minimum Gasteiger partial charge on any atom is -0.480 e. The molecular weight excluding hydrogens is 300 g/mol. The van der Waals surface area contributed by atoms with Gasteiger partial charge in [-0.25, -0.2) is 4.79 Å². The minimum absolute atomic E-state index is 0.280. The van der Waals surface area contributed by atoms with E-state index >= 15 is 0 Å². The molecule has 1 fully saturated rings. The van der Waals surface area contributed by atoms with E-state index in [1.165, 1.54) is 16.7 Å². The highest BCUT2D eigenvalue weighted by atomic mass is 35.5. The first-order chi connectivity index (χ1) is 9.60. The fraction of sp³-hybridized carbons (Fsp3) is 0.308. The number of aliphatic carboxylic acids is 1. The summed E-state index contributed by atoms with van der Waals surface area (Å²) in [7, 11) is 0. The topological polar surface area (TPSA) is 81.4 Å². The van der Waals surface area contributed by atoms with Crippen LogP contribution in [0.4, 0.5) is 0 Å². The molecule has 1 aliphatic rings. The van der Waals surface area contributed by atoms with Crippen molar-refractivity contribution in [2.45, 2.75) is 11.4 Å². The van der Waals surface area contributed by atoms with Gasteiger partial charge in [-0.3, -0.25) is 4.79 Å². The van der Waals surface area contributed by atoms with Crippen molar-refractivity contribution in [3.63, 3.8) is 0 Å². The first-order valence-electron chi connectivity index (χ1n) is 5.80. The number of hydrogen-bond acceptors (Lipinski definition) is 4. The highest BCUT2D eigenvalue weighted by Gasteiger charge is 2.42. The molecule has 0 spiro atoms. The molecule has 104 valence electrons. The number of rotatable bonds is 3. The molecule has 2 rings (SSSR count). The number of nitriles is 1. The highest BCUT2D eigenvalue weighted by molar-refractivity contribution is 7.99. The van der Waals surface area contributed by atoms with Crippen LogP contribution in [0, 0.1) is 11.3 Å². The lowest BCUT2D eigenvalue weighted by molar-refractivity contribution is -0.148. The third-order valence-corrected chi connectivity index (χ3v) is 4.57. The molecule has 0 saturated carbocycles. The Morgan fingerprint density at radius 1 is 1.50 bits per heavy atom. The van der Waals surface area contributed by atoms with Crippen molar-refractivity contribution in [2.75, 3.05) is 11.6 Å². The van der Waals surface area contributed by atoms with Crippen LogP contribution < -0.4 is 0 Å². The van der Waals surface area contributed by atoms with E-state index in [0.717, 1.165) is 0 Å². The number of benzene rings is 1. The van der Waals surface area contributed by atoms with Crippen molar-refractivity contribution >= 4 is 35.2 Å². The molecule has 1 aromatic rings. The molecule has 2 atom stereocenters. The zero-order valence-corrected chi connectivity index (χ0v) is 11.9. The second kappa shape index (κ2) is 6.16. The van der Waals surface area contributed by atoms with Crippen LogP contribution in [0.5, 0.6) is 0 Å². The van der Waals surface area contributed by atoms with E-state index < -0.39 is 23.3 Å². The van der Waals surface area contributed by atoms with Crippen molar-refractivity contribution in [2.24, 2.45) is 0 Å². The van der Waals surface area contributed by atoms with Crippen LogP contribution in [0.3, 0.4) is 0 Å². The number of amides is 1. The maximum atomic E-state index is 11.9. The molecule has 1 saturated heterocycles. The van der Waals surface area contributed by atoms with Gasteiger partial charge in [0, 0.05) is 11.3 Å². The van der Waals surface area contributed by atoms with Crippen LogP contribution >= 0.6 is 23.4 Å². The maximum absolute atomic E-state index is 11.9. The monoisotopic (exact) mass is 310 g/mol. The number of carbonyl (C=O) groups excluding carboxylic acids is 1. The molecule has 20 heavy (non-hydrogen) atoms. The molecule has 0 aromatic heterocycles. The van der Waals surface area contributed by atoms with E-state index in [2.05, 4.69) is 6.07 Å². The largest absolute Gasteiger partial charge is 0.480 e. The Hall–Kier alpha value is -1.71. The summed E-state index contributed by atoms with van der Waals surface area (Å²) in [6.45, 7) is 0. The molecule has 7 heteroatoms. The lowest BCUT2D eigenvalue weighted by atomic mass is 10.1. The Balaban J connectivity index is 2.43. The lowest BCUT2D eigenvalue weighted by Gasteiger charge is -2.27. The molecule has 1 amide bonds. The Bertz CT molecular complexity index is 587. The number of alkyl halides is 1. The van der Waals surface area contributed by atoms with Gasteiger partial charge in [-0.2, -0.15) is 5.26 Å². The van der Waals surface area contributed by atoms with Crippen molar-refractivity contribution in [3.05, 3.63) is 35.4 Å². The van der Waals surface area contributed by atoms with E-state index in [4.69, 9.17) is 16.9 Å². The molecule has 0 aliphatic carbocycles. The Morgan fingerprint density at radius 3 is 2.80 bits per heavy atom. The third-order valence-electron chi connectivity index (χ3n) is 3.04. The Kier molecular flexibility index (Phi) is 4.53. The molecule has 5 nitrogen and oxygen atoms in total. The zero-order chi connectivity index (χ0) is 14.7. The number of nitrogens with zero attached hydrogens (tertiary/aromatic N) is 2. The summed E-state index contributed by atoms with van der Waals surface area (Å²) in [4.78, 5) is 24.5. The normalized spacial score (nSPS) is 21.5. The number of thioether (sulfide) groups is 1. The van der Waals surface area contributed by atoms with Gasteiger partial charge in [-0.05, 0) is 6.07 Å². The Morgan fingerprint density at radius 2 is 2.20 bits per heavy atom. The van der Waals surface area contributed by atoms with Gasteiger partial charge in [0.1, 0.15) is 17.3 Å². The van der Waals surface area contributed by atoms with E-state index in [1.807, 2.05) is 0 Å². The first-order valence-corrected chi connectivity index (χ1v) is 7.39. The van der Waals surface area contributed by atoms with Gasteiger partial charge in [-0.1, -0.05) is 18.2 Å². The van der Waals surface area contributed by atoms with E-state index in [-0.39, 0.29) is 11.6 Å². The smallest absolute Gasteiger partial charge is 0.327 e. The molecule has 1 N–H and O–H groups in total. The van der Waals surface area contributed by atoms with Crippen molar-refractivity contribution in [1.29, 1.82) is 5.26 Å². The zero-order valence-electron chi connectivity index (χ0n) is 10.3. The van der Waals surface area contributed by atoms with Crippen LogP contribution in [0.25, 0.3) is 0 Å². The maximum Gasteiger partial charge on any atom is 0.327 e. The van der Waals surface area contributed by atoms with Crippen molar-refractivity contribution in [1.82, 2.24) is 4.90 Å².